The first-order chi connectivity index (χ1) is 26.6. The fraction of sp³-hybridized carbons (Fsp3) is 0.0192. The van der Waals surface area contributed by atoms with E-state index in [4.69, 9.17) is 4.98 Å². The SMILES string of the molecule is C[PH](c1ccccc1)(c1ccccc1)c1ccc(-c2cccc(-c3cc4c(-c5ccc6ccccc6c5)nc5ccccc5c4c4ccccc34)c2)cc1. The molecule has 0 radical (unpaired) electrons. The first-order valence-electron chi connectivity index (χ1n) is 18.7. The van der Waals surface area contributed by atoms with Crippen LogP contribution < -0.4 is 15.9 Å². The Balaban J connectivity index is 1.13. The molecule has 2 heteroatoms. The van der Waals surface area contributed by atoms with Crippen LogP contribution in [0.4, 0.5) is 0 Å². The molecule has 0 aliphatic heterocycles. The van der Waals surface area contributed by atoms with E-state index in [1.807, 2.05) is 0 Å². The van der Waals surface area contributed by atoms with Crippen molar-refractivity contribution in [2.75, 3.05) is 6.66 Å². The van der Waals surface area contributed by atoms with Crippen LogP contribution in [0.1, 0.15) is 0 Å². The van der Waals surface area contributed by atoms with E-state index < -0.39 is 7.26 Å². The van der Waals surface area contributed by atoms with Gasteiger partial charge in [-0.2, -0.15) is 0 Å². The average Bonchev–Trinajstić information content (AvgIpc) is 3.26. The molecule has 0 N–H and O–H groups in total. The van der Waals surface area contributed by atoms with Crippen molar-refractivity contribution in [3.63, 3.8) is 0 Å². The number of aromatic nitrogens is 1. The van der Waals surface area contributed by atoms with E-state index in [0.29, 0.717) is 0 Å². The number of nitrogens with zero attached hydrogens (tertiary/aromatic N) is 1. The third-order valence-electron chi connectivity index (χ3n) is 11.4. The van der Waals surface area contributed by atoms with E-state index in [9.17, 15) is 0 Å². The summed E-state index contributed by atoms with van der Waals surface area (Å²) < 4.78 is 0. The number of pyridine rings is 1. The third kappa shape index (κ3) is 5.40. The minimum atomic E-state index is -2.20. The van der Waals surface area contributed by atoms with Gasteiger partial charge in [-0.15, -0.1) is 0 Å². The van der Waals surface area contributed by atoms with Crippen LogP contribution in [0.5, 0.6) is 0 Å². The van der Waals surface area contributed by atoms with Crippen molar-refractivity contribution in [2.45, 2.75) is 0 Å². The van der Waals surface area contributed by atoms with Crippen LogP contribution in [0.2, 0.25) is 0 Å². The second-order valence-electron chi connectivity index (χ2n) is 14.4. The monoisotopic (exact) mass is 707 g/mol. The van der Waals surface area contributed by atoms with Crippen molar-refractivity contribution < 1.29 is 0 Å². The molecule has 0 fully saturated rings. The molecule has 0 bridgehead atoms. The molecule has 9 aromatic carbocycles. The van der Waals surface area contributed by atoms with Crippen LogP contribution in [-0.2, 0) is 0 Å². The zero-order valence-corrected chi connectivity index (χ0v) is 31.1. The molecule has 1 heterocycles. The molecule has 0 unspecified atom stereocenters. The Morgan fingerprint density at radius 2 is 0.926 bits per heavy atom. The molecular formula is C52H38NP. The number of benzene rings is 9. The average molecular weight is 708 g/mol. The van der Waals surface area contributed by atoms with E-state index in [2.05, 4.69) is 213 Å². The van der Waals surface area contributed by atoms with Gasteiger partial charge in [0.05, 0.1) is 5.52 Å². The molecule has 1 nitrogen and oxygen atoms in total. The molecule has 0 atom stereocenters. The minimum absolute atomic E-state index is 1.01. The van der Waals surface area contributed by atoms with Crippen LogP contribution in [-0.4, -0.2) is 11.6 Å². The number of hydrogen-bond acceptors (Lipinski definition) is 1. The molecule has 54 heavy (non-hydrogen) atoms. The second-order valence-corrected chi connectivity index (χ2v) is 18.4. The third-order valence-corrected chi connectivity index (χ3v) is 15.9. The molecule has 0 amide bonds. The molecule has 0 saturated carbocycles. The Morgan fingerprint density at radius 3 is 1.67 bits per heavy atom. The summed E-state index contributed by atoms with van der Waals surface area (Å²) in [5.41, 5.74) is 7.97. The topological polar surface area (TPSA) is 12.9 Å². The summed E-state index contributed by atoms with van der Waals surface area (Å²) >= 11 is 0. The molecule has 0 saturated heterocycles. The first-order valence-corrected chi connectivity index (χ1v) is 21.2. The van der Waals surface area contributed by atoms with Gasteiger partial charge in [-0.3, -0.25) is 0 Å². The number of fused-ring (bicyclic) bond motifs is 6. The quantitative estimate of drug-likeness (QED) is 0.124. The fourth-order valence-corrected chi connectivity index (χ4v) is 12.1. The summed E-state index contributed by atoms with van der Waals surface area (Å²) in [5, 5.41) is 12.8. The molecule has 1 aromatic heterocycles. The van der Waals surface area contributed by atoms with E-state index in [1.165, 1.54) is 75.9 Å². The number of hydrogen-bond donors (Lipinski definition) is 0. The van der Waals surface area contributed by atoms with Gasteiger partial charge in [0, 0.05) is 0 Å². The predicted octanol–water partition coefficient (Wildman–Crippen LogP) is 12.4. The van der Waals surface area contributed by atoms with Crippen molar-refractivity contribution in [3.8, 4) is 33.5 Å². The standard InChI is InChI=1S/C52H38NP/c1-54(42-19-4-2-5-20-42,43-21-6-3-7-22-43)44-31-29-37(30-32-44)39-17-14-18-40(33-39)48-35-49-51(46-24-11-10-23-45(46)48)47-25-12-13-26-50(47)53-52(49)41-28-27-36-15-8-9-16-38(36)34-41/h2-35,54H,1H3. The van der Waals surface area contributed by atoms with Crippen LogP contribution in [0.15, 0.2) is 206 Å². The van der Waals surface area contributed by atoms with Crippen molar-refractivity contribution in [3.05, 3.63) is 206 Å². The van der Waals surface area contributed by atoms with E-state index in [-0.39, 0.29) is 0 Å². The first kappa shape index (κ1) is 32.3. The Bertz CT molecular complexity index is 2950. The molecule has 0 aliphatic rings. The Morgan fingerprint density at radius 1 is 0.352 bits per heavy atom. The van der Waals surface area contributed by atoms with Crippen molar-refractivity contribution in [1.82, 2.24) is 4.98 Å². The maximum absolute atomic E-state index is 5.36. The van der Waals surface area contributed by atoms with Gasteiger partial charge < -0.3 is 0 Å². The zero-order valence-electron chi connectivity index (χ0n) is 30.1. The molecule has 256 valence electrons. The van der Waals surface area contributed by atoms with Gasteiger partial charge in [0.2, 0.25) is 0 Å². The zero-order chi connectivity index (χ0) is 36.1. The Kier molecular flexibility index (Phi) is 7.90. The summed E-state index contributed by atoms with van der Waals surface area (Å²) in [6.45, 7) is 2.47. The van der Waals surface area contributed by atoms with Crippen molar-refractivity contribution >= 4 is 66.4 Å². The molecule has 0 aliphatic carbocycles. The molecule has 10 aromatic rings. The summed E-state index contributed by atoms with van der Waals surface area (Å²) in [7, 11) is -2.20. The van der Waals surface area contributed by atoms with E-state index >= 15 is 0 Å². The number of para-hydroxylation sites is 1. The van der Waals surface area contributed by atoms with E-state index in [1.54, 1.807) is 0 Å². The van der Waals surface area contributed by atoms with Gasteiger partial charge in [0.25, 0.3) is 0 Å². The molecule has 0 spiro atoms. The van der Waals surface area contributed by atoms with Gasteiger partial charge in [-0.05, 0) is 22.9 Å². The predicted molar refractivity (Wildman–Crippen MR) is 237 cm³/mol. The van der Waals surface area contributed by atoms with Crippen molar-refractivity contribution in [1.29, 1.82) is 0 Å². The van der Waals surface area contributed by atoms with Gasteiger partial charge in [-0.25, -0.2) is 0 Å². The summed E-state index contributed by atoms with van der Waals surface area (Å²) in [4.78, 5) is 5.36. The second kappa shape index (κ2) is 13.2. The number of rotatable bonds is 6. The van der Waals surface area contributed by atoms with Gasteiger partial charge in [-0.1, -0.05) is 54.6 Å². The van der Waals surface area contributed by atoms with Crippen LogP contribution >= 0.6 is 7.26 Å². The van der Waals surface area contributed by atoms with Crippen LogP contribution in [0, 0.1) is 0 Å². The van der Waals surface area contributed by atoms with E-state index in [0.717, 1.165) is 16.8 Å². The summed E-state index contributed by atoms with van der Waals surface area (Å²) in [6.07, 6.45) is 0. The van der Waals surface area contributed by atoms with Gasteiger partial charge >= 0.3 is 235 Å². The van der Waals surface area contributed by atoms with Gasteiger partial charge in [0.15, 0.2) is 0 Å². The Hall–Kier alpha value is -6.40. The summed E-state index contributed by atoms with van der Waals surface area (Å²) in [6, 6.07) is 75.7. The van der Waals surface area contributed by atoms with Crippen LogP contribution in [0.3, 0.4) is 0 Å². The maximum atomic E-state index is 5.36. The Labute approximate surface area is 316 Å². The molecule has 10 rings (SSSR count). The van der Waals surface area contributed by atoms with Crippen molar-refractivity contribution in [2.24, 2.45) is 0 Å². The summed E-state index contributed by atoms with van der Waals surface area (Å²) in [5.74, 6) is 0. The normalized spacial score (nSPS) is 12.1. The molecular weight excluding hydrogens is 670 g/mol. The van der Waals surface area contributed by atoms with Crippen LogP contribution in [0.25, 0.3) is 76.7 Å². The van der Waals surface area contributed by atoms with Gasteiger partial charge in [0.1, 0.15) is 0 Å². The fourth-order valence-electron chi connectivity index (χ4n) is 8.52.